The van der Waals surface area contributed by atoms with E-state index in [4.69, 9.17) is 21.6 Å². The first kappa shape index (κ1) is 14.3. The second-order valence-corrected chi connectivity index (χ2v) is 4.63. The number of halogens is 2. The number of ether oxygens (including phenoxy) is 1. The predicted molar refractivity (Wildman–Crippen MR) is 73.3 cm³/mol. The number of rotatable bonds is 3. The summed E-state index contributed by atoms with van der Waals surface area (Å²) in [5.74, 6) is -0.0601. The molecule has 3 nitrogen and oxygen atoms in total. The average molecular weight is 292 g/mol. The Kier molecular flexibility index (Phi) is 4.23. The Morgan fingerprint density at radius 3 is 2.65 bits per heavy atom. The highest BCUT2D eigenvalue weighted by molar-refractivity contribution is 6.30. The van der Waals surface area contributed by atoms with Crippen LogP contribution in [-0.2, 0) is 0 Å². The molecule has 0 fully saturated rings. The maximum Gasteiger partial charge on any atom is 0.145 e. The molecule has 0 spiro atoms. The molecule has 0 aromatic heterocycles. The number of hydrogen-bond donors (Lipinski definition) is 1. The highest BCUT2D eigenvalue weighted by Crippen LogP contribution is 2.29. The van der Waals surface area contributed by atoms with Gasteiger partial charge in [-0.1, -0.05) is 17.7 Å². The summed E-state index contributed by atoms with van der Waals surface area (Å²) in [6, 6.07) is 10.8. The van der Waals surface area contributed by atoms with Gasteiger partial charge in [0.15, 0.2) is 0 Å². The summed E-state index contributed by atoms with van der Waals surface area (Å²) < 4.78 is 18.8. The Bertz CT molecular complexity index is 680. The third-order valence-electron chi connectivity index (χ3n) is 2.73. The molecule has 102 valence electrons. The summed E-state index contributed by atoms with van der Waals surface area (Å²) >= 11 is 5.59. The summed E-state index contributed by atoms with van der Waals surface area (Å²) in [6.45, 7) is 1.60. The van der Waals surface area contributed by atoms with Gasteiger partial charge >= 0.3 is 0 Å². The van der Waals surface area contributed by atoms with Crippen LogP contribution in [0, 0.1) is 17.1 Å². The van der Waals surface area contributed by atoms with E-state index in [-0.39, 0.29) is 16.3 Å². The Balaban J connectivity index is 2.33. The molecule has 0 aliphatic carbocycles. The number of nitrogens with zero attached hydrogens (tertiary/aromatic N) is 1. The van der Waals surface area contributed by atoms with E-state index in [2.05, 4.69) is 0 Å². The van der Waals surface area contributed by atoms with E-state index >= 15 is 0 Å². The van der Waals surface area contributed by atoms with Gasteiger partial charge in [0, 0.05) is 6.07 Å². The van der Waals surface area contributed by atoms with Crippen LogP contribution in [0.4, 0.5) is 4.39 Å². The van der Waals surface area contributed by atoms with Crippen molar-refractivity contribution < 1.29 is 14.2 Å². The Morgan fingerprint density at radius 2 is 2.05 bits per heavy atom. The topological polar surface area (TPSA) is 53.2 Å². The summed E-state index contributed by atoms with van der Waals surface area (Å²) in [5.41, 5.74) is 0.870. The van der Waals surface area contributed by atoms with Crippen molar-refractivity contribution in [2.45, 2.75) is 13.0 Å². The van der Waals surface area contributed by atoms with Gasteiger partial charge in [-0.15, -0.1) is 0 Å². The molecule has 5 heteroatoms. The molecule has 0 aliphatic rings. The number of nitriles is 1. The first-order chi connectivity index (χ1) is 9.51. The van der Waals surface area contributed by atoms with E-state index in [1.807, 2.05) is 6.07 Å². The molecule has 0 bridgehead atoms. The molecule has 0 aliphatic heterocycles. The van der Waals surface area contributed by atoms with Crippen LogP contribution in [0.3, 0.4) is 0 Å². The molecular weight excluding hydrogens is 281 g/mol. The second kappa shape index (κ2) is 5.91. The zero-order valence-electron chi connectivity index (χ0n) is 10.6. The van der Waals surface area contributed by atoms with Gasteiger partial charge in [0.2, 0.25) is 0 Å². The Hall–Kier alpha value is -2.09. The average Bonchev–Trinajstić information content (AvgIpc) is 2.43. The van der Waals surface area contributed by atoms with Crippen molar-refractivity contribution in [3.05, 3.63) is 58.4 Å². The minimum Gasteiger partial charge on any atom is -0.456 e. The van der Waals surface area contributed by atoms with Crippen molar-refractivity contribution >= 4 is 11.6 Å². The Labute approximate surface area is 120 Å². The maximum atomic E-state index is 13.3. The van der Waals surface area contributed by atoms with E-state index < -0.39 is 11.9 Å². The molecule has 20 heavy (non-hydrogen) atoms. The molecule has 0 saturated carbocycles. The fraction of sp³-hybridized carbons (Fsp3) is 0.133. The van der Waals surface area contributed by atoms with Crippen LogP contribution < -0.4 is 4.74 Å². The molecule has 0 amide bonds. The van der Waals surface area contributed by atoms with E-state index in [9.17, 15) is 9.50 Å². The molecule has 0 radical (unpaired) electrons. The van der Waals surface area contributed by atoms with Crippen LogP contribution in [0.15, 0.2) is 36.4 Å². The highest BCUT2D eigenvalue weighted by atomic mass is 35.5. The number of aliphatic hydroxyl groups is 1. The van der Waals surface area contributed by atoms with Crippen molar-refractivity contribution in [2.75, 3.05) is 0 Å². The number of aliphatic hydroxyl groups excluding tert-OH is 1. The van der Waals surface area contributed by atoms with Crippen LogP contribution in [-0.4, -0.2) is 5.11 Å². The number of hydrogen-bond acceptors (Lipinski definition) is 3. The van der Waals surface area contributed by atoms with Gasteiger partial charge in [0.05, 0.1) is 16.7 Å². The van der Waals surface area contributed by atoms with Crippen LogP contribution >= 0.6 is 11.6 Å². The van der Waals surface area contributed by atoms with Gasteiger partial charge in [-0.2, -0.15) is 5.26 Å². The zero-order valence-corrected chi connectivity index (χ0v) is 11.4. The van der Waals surface area contributed by atoms with E-state index in [0.717, 1.165) is 6.07 Å². The van der Waals surface area contributed by atoms with Crippen molar-refractivity contribution in [3.8, 4) is 17.6 Å². The third-order valence-corrected chi connectivity index (χ3v) is 3.03. The summed E-state index contributed by atoms with van der Waals surface area (Å²) in [5, 5.41) is 18.6. The minimum absolute atomic E-state index is 0.00214. The minimum atomic E-state index is -0.677. The quantitative estimate of drug-likeness (QED) is 0.922. The van der Waals surface area contributed by atoms with Crippen LogP contribution in [0.1, 0.15) is 24.2 Å². The molecule has 2 aromatic rings. The zero-order chi connectivity index (χ0) is 14.7. The molecule has 2 rings (SSSR count). The van der Waals surface area contributed by atoms with Crippen molar-refractivity contribution in [3.63, 3.8) is 0 Å². The van der Waals surface area contributed by atoms with Gasteiger partial charge in [-0.25, -0.2) is 4.39 Å². The lowest BCUT2D eigenvalue weighted by atomic mass is 10.1. The molecule has 1 unspecified atom stereocenters. The molecule has 1 N–H and O–H groups in total. The number of benzene rings is 2. The van der Waals surface area contributed by atoms with Crippen LogP contribution in [0.25, 0.3) is 0 Å². The van der Waals surface area contributed by atoms with Crippen LogP contribution in [0.5, 0.6) is 11.5 Å². The molecule has 0 heterocycles. The van der Waals surface area contributed by atoms with Gasteiger partial charge in [0.25, 0.3) is 0 Å². The summed E-state index contributed by atoms with van der Waals surface area (Å²) in [4.78, 5) is 0. The Morgan fingerprint density at radius 1 is 1.30 bits per heavy atom. The first-order valence-corrected chi connectivity index (χ1v) is 6.24. The van der Waals surface area contributed by atoms with Gasteiger partial charge < -0.3 is 9.84 Å². The largest absolute Gasteiger partial charge is 0.456 e. The lowest BCUT2D eigenvalue weighted by Gasteiger charge is -2.10. The van der Waals surface area contributed by atoms with Gasteiger partial charge in [0.1, 0.15) is 23.4 Å². The summed E-state index contributed by atoms with van der Waals surface area (Å²) in [6.07, 6.45) is -0.677. The first-order valence-electron chi connectivity index (χ1n) is 5.86. The lowest BCUT2D eigenvalue weighted by Crippen LogP contribution is -1.95. The summed E-state index contributed by atoms with van der Waals surface area (Å²) in [7, 11) is 0. The molecule has 0 saturated heterocycles. The molecule has 2 aromatic carbocycles. The monoisotopic (exact) mass is 291 g/mol. The predicted octanol–water partition coefficient (Wildman–Crippen LogP) is 4.20. The highest BCUT2D eigenvalue weighted by Gasteiger charge is 2.10. The van der Waals surface area contributed by atoms with Crippen molar-refractivity contribution in [1.82, 2.24) is 0 Å². The van der Waals surface area contributed by atoms with Gasteiger partial charge in [-0.05, 0) is 36.8 Å². The normalized spacial score (nSPS) is 11.8. The third kappa shape index (κ3) is 3.08. The van der Waals surface area contributed by atoms with Crippen molar-refractivity contribution in [1.29, 1.82) is 5.26 Å². The smallest absolute Gasteiger partial charge is 0.145 e. The maximum absolute atomic E-state index is 13.3. The SMILES string of the molecule is CC(O)c1ccc(Oc2ccc(Cl)c(F)c2)c(C#N)c1. The van der Waals surface area contributed by atoms with Crippen LogP contribution in [0.2, 0.25) is 5.02 Å². The lowest BCUT2D eigenvalue weighted by molar-refractivity contribution is 0.199. The van der Waals surface area contributed by atoms with E-state index in [1.165, 1.54) is 18.2 Å². The molecule has 1 atom stereocenters. The fourth-order valence-electron chi connectivity index (χ4n) is 1.65. The van der Waals surface area contributed by atoms with E-state index in [0.29, 0.717) is 11.3 Å². The van der Waals surface area contributed by atoms with Crippen molar-refractivity contribution in [2.24, 2.45) is 0 Å². The van der Waals surface area contributed by atoms with E-state index in [1.54, 1.807) is 19.1 Å². The fourth-order valence-corrected chi connectivity index (χ4v) is 1.77. The second-order valence-electron chi connectivity index (χ2n) is 4.22. The van der Waals surface area contributed by atoms with Gasteiger partial charge in [-0.3, -0.25) is 0 Å². The molecular formula is C15H11ClFNO2. The standard InChI is InChI=1S/C15H11ClFNO2/c1-9(19)10-2-5-15(11(6-10)8-18)20-12-3-4-13(16)14(17)7-12/h2-7,9,19H,1H3.